The van der Waals surface area contributed by atoms with Crippen molar-refractivity contribution in [1.82, 2.24) is 4.98 Å². The average molecular weight is 291 g/mol. The molecule has 20 heavy (non-hydrogen) atoms. The molecule has 1 aromatic heterocycles. The minimum atomic E-state index is -4.73. The largest absolute Gasteiger partial charge is 0.460 e. The number of rotatable bonds is 3. The standard InChI is InChI=1S/C13H16F3NO3/c1-3-19-12(18)9-10(13(14,15)16)17-11(20-9)8-6-4-5-7(8)2/h7-8H,3-6H2,1-2H3. The van der Waals surface area contributed by atoms with E-state index in [0.29, 0.717) is 0 Å². The first-order chi connectivity index (χ1) is 9.34. The van der Waals surface area contributed by atoms with Gasteiger partial charge in [-0.2, -0.15) is 13.2 Å². The summed E-state index contributed by atoms with van der Waals surface area (Å²) < 4.78 is 48.4. The van der Waals surface area contributed by atoms with Crippen LogP contribution in [0.2, 0.25) is 0 Å². The first kappa shape index (κ1) is 14.9. The molecule has 2 rings (SSSR count). The first-order valence-electron chi connectivity index (χ1n) is 6.59. The van der Waals surface area contributed by atoms with Crippen molar-refractivity contribution >= 4 is 5.97 Å². The molecule has 7 heteroatoms. The van der Waals surface area contributed by atoms with E-state index < -0.39 is 23.6 Å². The van der Waals surface area contributed by atoms with Gasteiger partial charge in [0.1, 0.15) is 0 Å². The number of nitrogens with zero attached hydrogens (tertiary/aromatic N) is 1. The van der Waals surface area contributed by atoms with Crippen molar-refractivity contribution in [1.29, 1.82) is 0 Å². The van der Waals surface area contributed by atoms with E-state index in [9.17, 15) is 18.0 Å². The van der Waals surface area contributed by atoms with Crippen LogP contribution in [0.5, 0.6) is 0 Å². The summed E-state index contributed by atoms with van der Waals surface area (Å²) >= 11 is 0. The summed E-state index contributed by atoms with van der Waals surface area (Å²) in [5.74, 6) is -1.94. The summed E-state index contributed by atoms with van der Waals surface area (Å²) in [6, 6.07) is 0. The molecule has 0 bridgehead atoms. The van der Waals surface area contributed by atoms with Crippen LogP contribution < -0.4 is 0 Å². The van der Waals surface area contributed by atoms with Crippen LogP contribution in [0.15, 0.2) is 4.42 Å². The number of carbonyl (C=O) groups excluding carboxylic acids is 1. The second-order valence-electron chi connectivity index (χ2n) is 4.96. The van der Waals surface area contributed by atoms with Crippen molar-refractivity contribution < 1.29 is 27.1 Å². The Bertz CT molecular complexity index is 496. The van der Waals surface area contributed by atoms with Crippen molar-refractivity contribution in [2.75, 3.05) is 6.61 Å². The summed E-state index contributed by atoms with van der Waals surface area (Å²) in [4.78, 5) is 15.1. The van der Waals surface area contributed by atoms with Gasteiger partial charge in [0.2, 0.25) is 5.76 Å². The summed E-state index contributed by atoms with van der Waals surface area (Å²) in [6.07, 6.45) is -2.17. The van der Waals surface area contributed by atoms with E-state index in [1.54, 1.807) is 0 Å². The third-order valence-corrected chi connectivity index (χ3v) is 3.55. The monoisotopic (exact) mass is 291 g/mol. The number of alkyl halides is 3. The normalized spacial score (nSPS) is 23.1. The molecule has 0 aliphatic heterocycles. The Morgan fingerprint density at radius 1 is 1.45 bits per heavy atom. The molecule has 2 unspecified atom stereocenters. The Kier molecular flexibility index (Phi) is 4.06. The van der Waals surface area contributed by atoms with E-state index in [2.05, 4.69) is 9.72 Å². The number of esters is 1. The van der Waals surface area contributed by atoms with E-state index in [0.717, 1.165) is 19.3 Å². The number of aromatic nitrogens is 1. The van der Waals surface area contributed by atoms with Crippen LogP contribution in [0, 0.1) is 5.92 Å². The average Bonchev–Trinajstić information content (AvgIpc) is 2.94. The lowest BCUT2D eigenvalue weighted by molar-refractivity contribution is -0.141. The lowest BCUT2D eigenvalue weighted by atomic mass is 9.98. The van der Waals surface area contributed by atoms with Gasteiger partial charge in [0.15, 0.2) is 11.6 Å². The fourth-order valence-corrected chi connectivity index (χ4v) is 2.53. The second kappa shape index (κ2) is 5.46. The number of hydrogen-bond acceptors (Lipinski definition) is 4. The maximum atomic E-state index is 12.9. The highest BCUT2D eigenvalue weighted by Gasteiger charge is 2.43. The predicted molar refractivity (Wildman–Crippen MR) is 63.2 cm³/mol. The molecule has 0 spiro atoms. The SMILES string of the molecule is CCOC(=O)c1oc(C2CCCC2C)nc1C(F)(F)F. The van der Waals surface area contributed by atoms with Gasteiger partial charge >= 0.3 is 12.1 Å². The Morgan fingerprint density at radius 3 is 2.65 bits per heavy atom. The van der Waals surface area contributed by atoms with E-state index in [1.807, 2.05) is 6.92 Å². The molecule has 1 aliphatic rings. The smallest absolute Gasteiger partial charge is 0.437 e. The molecule has 112 valence electrons. The minimum Gasteiger partial charge on any atom is -0.460 e. The summed E-state index contributed by atoms with van der Waals surface area (Å²) in [6.45, 7) is 3.44. The molecular weight excluding hydrogens is 275 g/mol. The topological polar surface area (TPSA) is 52.3 Å². The van der Waals surface area contributed by atoms with Gasteiger partial charge in [-0.3, -0.25) is 0 Å². The molecule has 1 aliphatic carbocycles. The van der Waals surface area contributed by atoms with Crippen LogP contribution in [-0.4, -0.2) is 17.6 Å². The molecule has 1 fully saturated rings. The third kappa shape index (κ3) is 2.81. The fraction of sp³-hybridized carbons (Fsp3) is 0.692. The third-order valence-electron chi connectivity index (χ3n) is 3.55. The Hall–Kier alpha value is -1.53. The van der Waals surface area contributed by atoms with Gasteiger partial charge < -0.3 is 9.15 Å². The highest BCUT2D eigenvalue weighted by molar-refractivity contribution is 5.87. The van der Waals surface area contributed by atoms with Crippen molar-refractivity contribution in [2.24, 2.45) is 5.92 Å². The lowest BCUT2D eigenvalue weighted by Crippen LogP contribution is -2.14. The maximum absolute atomic E-state index is 12.9. The molecular formula is C13H16F3NO3. The molecule has 1 aromatic rings. The maximum Gasteiger partial charge on any atom is 0.437 e. The highest BCUT2D eigenvalue weighted by Crippen LogP contribution is 2.41. The van der Waals surface area contributed by atoms with Crippen LogP contribution in [0.3, 0.4) is 0 Å². The van der Waals surface area contributed by atoms with Gasteiger partial charge in [-0.15, -0.1) is 0 Å². The fourth-order valence-electron chi connectivity index (χ4n) is 2.53. The number of halogens is 3. The van der Waals surface area contributed by atoms with Gasteiger partial charge in [0.25, 0.3) is 0 Å². The number of ether oxygens (including phenoxy) is 1. The molecule has 1 heterocycles. The minimum absolute atomic E-state index is 0.00891. The van der Waals surface area contributed by atoms with Crippen molar-refractivity contribution in [2.45, 2.75) is 45.2 Å². The molecule has 0 radical (unpaired) electrons. The first-order valence-corrected chi connectivity index (χ1v) is 6.59. The molecule has 0 saturated heterocycles. The van der Waals surface area contributed by atoms with Gasteiger partial charge in [-0.25, -0.2) is 9.78 Å². The van der Waals surface area contributed by atoms with Crippen molar-refractivity contribution in [3.05, 3.63) is 17.3 Å². The molecule has 1 saturated carbocycles. The molecule has 0 aromatic carbocycles. The molecule has 0 amide bonds. The van der Waals surface area contributed by atoms with Crippen molar-refractivity contribution in [3.8, 4) is 0 Å². The number of hydrogen-bond donors (Lipinski definition) is 0. The Labute approximate surface area is 114 Å². The molecule has 4 nitrogen and oxygen atoms in total. The summed E-state index contributed by atoms with van der Waals surface area (Å²) in [7, 11) is 0. The Balaban J connectivity index is 2.39. The van der Waals surface area contributed by atoms with Crippen LogP contribution in [0.25, 0.3) is 0 Å². The van der Waals surface area contributed by atoms with Crippen LogP contribution in [-0.2, 0) is 10.9 Å². The van der Waals surface area contributed by atoms with Gasteiger partial charge in [-0.05, 0) is 25.7 Å². The van der Waals surface area contributed by atoms with E-state index in [4.69, 9.17) is 4.42 Å². The number of carbonyl (C=O) groups is 1. The van der Waals surface area contributed by atoms with E-state index in [-0.39, 0.29) is 24.3 Å². The zero-order valence-electron chi connectivity index (χ0n) is 11.3. The van der Waals surface area contributed by atoms with Gasteiger partial charge in [0, 0.05) is 5.92 Å². The Morgan fingerprint density at radius 2 is 2.15 bits per heavy atom. The predicted octanol–water partition coefficient (Wildman–Crippen LogP) is 3.77. The van der Waals surface area contributed by atoms with Gasteiger partial charge in [0.05, 0.1) is 6.61 Å². The van der Waals surface area contributed by atoms with Crippen molar-refractivity contribution in [3.63, 3.8) is 0 Å². The van der Waals surface area contributed by atoms with Crippen LogP contribution in [0.4, 0.5) is 13.2 Å². The van der Waals surface area contributed by atoms with E-state index in [1.165, 1.54) is 6.92 Å². The number of oxazole rings is 1. The lowest BCUT2D eigenvalue weighted by Gasteiger charge is -2.09. The molecule has 2 atom stereocenters. The zero-order valence-corrected chi connectivity index (χ0v) is 11.3. The highest BCUT2D eigenvalue weighted by atomic mass is 19.4. The quantitative estimate of drug-likeness (QED) is 0.795. The van der Waals surface area contributed by atoms with Crippen LogP contribution >= 0.6 is 0 Å². The summed E-state index contributed by atoms with van der Waals surface area (Å²) in [5, 5.41) is 0. The summed E-state index contributed by atoms with van der Waals surface area (Å²) in [5.41, 5.74) is -1.29. The van der Waals surface area contributed by atoms with Gasteiger partial charge in [-0.1, -0.05) is 13.3 Å². The second-order valence-corrected chi connectivity index (χ2v) is 4.96. The zero-order chi connectivity index (χ0) is 14.9. The molecule has 0 N–H and O–H groups in total. The van der Waals surface area contributed by atoms with E-state index >= 15 is 0 Å². The van der Waals surface area contributed by atoms with Crippen LogP contribution in [0.1, 0.15) is 61.2 Å².